The fourth-order valence-electron chi connectivity index (χ4n) is 1.83. The van der Waals surface area contributed by atoms with Crippen LogP contribution >= 0.6 is 0 Å². The zero-order valence-electron chi connectivity index (χ0n) is 8.46. The fraction of sp³-hybridized carbons (Fsp3) is 0.400. The number of pyridine rings is 1. The Morgan fingerprint density at radius 2 is 2.12 bits per heavy atom. The minimum absolute atomic E-state index is 0.0166. The van der Waals surface area contributed by atoms with Gasteiger partial charge in [0, 0.05) is 12.4 Å². The molecule has 0 amide bonds. The summed E-state index contributed by atoms with van der Waals surface area (Å²) in [5.74, 6) is -1.26. The lowest BCUT2D eigenvalue weighted by molar-refractivity contribution is -0.142. The Balaban J connectivity index is 2.51. The molecule has 1 heterocycles. The summed E-state index contributed by atoms with van der Waals surface area (Å²) < 4.78 is 22.7. The van der Waals surface area contributed by atoms with Crippen LogP contribution in [0.2, 0.25) is 0 Å². The first-order valence-corrected chi connectivity index (χ1v) is 6.37. The Bertz CT molecular complexity index is 505. The maximum Gasteiger partial charge on any atom is 0.325 e. The predicted molar refractivity (Wildman–Crippen MR) is 55.6 cm³/mol. The van der Waals surface area contributed by atoms with Crippen LogP contribution in [0.25, 0.3) is 0 Å². The van der Waals surface area contributed by atoms with Crippen LogP contribution in [0.1, 0.15) is 19.3 Å². The third kappa shape index (κ3) is 1.33. The highest BCUT2D eigenvalue weighted by Gasteiger charge is 2.56. The lowest BCUT2D eigenvalue weighted by atomic mass is 9.84. The van der Waals surface area contributed by atoms with Crippen molar-refractivity contribution in [3.05, 3.63) is 24.5 Å². The molecule has 1 aromatic rings. The van der Waals surface area contributed by atoms with Crippen molar-refractivity contribution in [3.63, 3.8) is 0 Å². The van der Waals surface area contributed by atoms with Crippen LogP contribution in [-0.4, -0.2) is 29.2 Å². The summed E-state index contributed by atoms with van der Waals surface area (Å²) in [6.45, 7) is 0. The number of hydrogen-bond donors (Lipinski definition) is 1. The molecule has 86 valence electrons. The Morgan fingerprint density at radius 3 is 2.50 bits per heavy atom. The van der Waals surface area contributed by atoms with Gasteiger partial charge in [0.05, 0.1) is 4.90 Å². The van der Waals surface area contributed by atoms with E-state index < -0.39 is 20.6 Å². The number of rotatable bonds is 3. The highest BCUT2D eigenvalue weighted by Crippen LogP contribution is 2.42. The number of hydrogen-bond acceptors (Lipinski definition) is 4. The molecule has 0 atom stereocenters. The van der Waals surface area contributed by atoms with Crippen LogP contribution in [0, 0.1) is 0 Å². The van der Waals surface area contributed by atoms with Crippen LogP contribution in [-0.2, 0) is 14.6 Å². The number of sulfone groups is 1. The van der Waals surface area contributed by atoms with Crippen molar-refractivity contribution in [1.29, 1.82) is 0 Å². The van der Waals surface area contributed by atoms with E-state index in [1.807, 2.05) is 0 Å². The molecule has 16 heavy (non-hydrogen) atoms. The van der Waals surface area contributed by atoms with Crippen molar-refractivity contribution in [3.8, 4) is 0 Å². The molecule has 1 saturated carbocycles. The van der Waals surface area contributed by atoms with Gasteiger partial charge in [0.2, 0.25) is 0 Å². The molecule has 0 bridgehead atoms. The van der Waals surface area contributed by atoms with E-state index in [1.165, 1.54) is 24.5 Å². The van der Waals surface area contributed by atoms with Crippen LogP contribution < -0.4 is 0 Å². The monoisotopic (exact) mass is 241 g/mol. The number of carboxylic acid groups (broad SMARTS) is 1. The van der Waals surface area contributed by atoms with Gasteiger partial charge in [-0.05, 0) is 31.4 Å². The van der Waals surface area contributed by atoms with Gasteiger partial charge < -0.3 is 5.11 Å². The Hall–Kier alpha value is -1.43. The summed E-state index contributed by atoms with van der Waals surface area (Å²) in [6.07, 6.45) is 3.64. The van der Waals surface area contributed by atoms with Crippen LogP contribution in [0.5, 0.6) is 0 Å². The molecule has 1 N–H and O–H groups in total. The van der Waals surface area contributed by atoms with Crippen LogP contribution in [0.3, 0.4) is 0 Å². The van der Waals surface area contributed by atoms with Crippen molar-refractivity contribution < 1.29 is 18.3 Å². The molecule has 0 unspecified atom stereocenters. The van der Waals surface area contributed by atoms with Crippen molar-refractivity contribution in [2.45, 2.75) is 28.9 Å². The van der Waals surface area contributed by atoms with Gasteiger partial charge in [-0.15, -0.1) is 0 Å². The average Bonchev–Trinajstić information content (AvgIpc) is 2.16. The summed E-state index contributed by atoms with van der Waals surface area (Å²) >= 11 is 0. The molecular formula is C10H11NO4S. The first kappa shape index (κ1) is 11.1. The Labute approximate surface area is 93.1 Å². The van der Waals surface area contributed by atoms with Gasteiger partial charge >= 0.3 is 5.97 Å². The molecule has 0 aliphatic heterocycles. The van der Waals surface area contributed by atoms with E-state index in [0.29, 0.717) is 6.42 Å². The molecule has 6 heteroatoms. The second kappa shape index (κ2) is 3.55. The van der Waals surface area contributed by atoms with E-state index in [1.54, 1.807) is 0 Å². The summed E-state index contributed by atoms with van der Waals surface area (Å²) in [6, 6.07) is 2.87. The predicted octanol–water partition coefficient (Wildman–Crippen LogP) is 0.863. The fourth-order valence-corrected chi connectivity index (χ4v) is 3.79. The van der Waals surface area contributed by atoms with Gasteiger partial charge in [0.15, 0.2) is 14.6 Å². The lowest BCUT2D eigenvalue weighted by Gasteiger charge is -2.36. The molecule has 1 fully saturated rings. The minimum Gasteiger partial charge on any atom is -0.480 e. The number of nitrogens with zero attached hydrogens (tertiary/aromatic N) is 1. The number of carboxylic acids is 1. The molecule has 1 aromatic heterocycles. The maximum absolute atomic E-state index is 12.2. The van der Waals surface area contributed by atoms with Gasteiger partial charge in [-0.2, -0.15) is 0 Å². The van der Waals surface area contributed by atoms with E-state index in [2.05, 4.69) is 4.98 Å². The lowest BCUT2D eigenvalue weighted by Crippen LogP contribution is -2.52. The second-order valence-electron chi connectivity index (χ2n) is 3.85. The molecule has 0 aromatic carbocycles. The Kier molecular flexibility index (Phi) is 2.46. The van der Waals surface area contributed by atoms with E-state index in [0.717, 1.165) is 0 Å². The van der Waals surface area contributed by atoms with Crippen LogP contribution in [0.4, 0.5) is 0 Å². The molecule has 1 aliphatic carbocycles. The van der Waals surface area contributed by atoms with E-state index in [9.17, 15) is 13.2 Å². The van der Waals surface area contributed by atoms with Crippen molar-refractivity contribution in [2.24, 2.45) is 0 Å². The standard InChI is InChI=1S/C10H11NO4S/c12-9(13)10(4-2-5-10)16(14,15)8-3-1-6-11-7-8/h1,3,6-7H,2,4-5H2,(H,12,13). The summed E-state index contributed by atoms with van der Waals surface area (Å²) in [4.78, 5) is 14.8. The summed E-state index contributed by atoms with van der Waals surface area (Å²) in [7, 11) is -3.83. The molecule has 0 saturated heterocycles. The first-order chi connectivity index (χ1) is 7.51. The number of aliphatic carboxylic acids is 1. The summed E-state index contributed by atoms with van der Waals surface area (Å²) in [5.41, 5.74) is 0. The summed E-state index contributed by atoms with van der Waals surface area (Å²) in [5, 5.41) is 9.08. The largest absolute Gasteiger partial charge is 0.480 e. The molecule has 0 radical (unpaired) electrons. The topological polar surface area (TPSA) is 84.3 Å². The van der Waals surface area contributed by atoms with Gasteiger partial charge in [0.25, 0.3) is 0 Å². The van der Waals surface area contributed by atoms with E-state index >= 15 is 0 Å². The quantitative estimate of drug-likeness (QED) is 0.848. The van der Waals surface area contributed by atoms with Crippen LogP contribution in [0.15, 0.2) is 29.4 Å². The third-order valence-corrected chi connectivity index (χ3v) is 5.48. The highest BCUT2D eigenvalue weighted by atomic mass is 32.2. The van der Waals surface area contributed by atoms with Gasteiger partial charge in [-0.3, -0.25) is 9.78 Å². The van der Waals surface area contributed by atoms with Crippen molar-refractivity contribution in [2.75, 3.05) is 0 Å². The van der Waals surface area contributed by atoms with Crippen molar-refractivity contribution in [1.82, 2.24) is 4.98 Å². The zero-order valence-corrected chi connectivity index (χ0v) is 9.27. The SMILES string of the molecule is O=C(O)C1(S(=O)(=O)c2cccnc2)CCC1. The van der Waals surface area contributed by atoms with Gasteiger partial charge in [-0.1, -0.05) is 0 Å². The molecule has 5 nitrogen and oxygen atoms in total. The highest BCUT2D eigenvalue weighted by molar-refractivity contribution is 7.93. The first-order valence-electron chi connectivity index (χ1n) is 4.89. The third-order valence-electron chi connectivity index (χ3n) is 3.01. The van der Waals surface area contributed by atoms with Gasteiger partial charge in [-0.25, -0.2) is 8.42 Å². The zero-order chi connectivity index (χ0) is 11.8. The molecular weight excluding hydrogens is 230 g/mol. The Morgan fingerprint density at radius 1 is 1.44 bits per heavy atom. The smallest absolute Gasteiger partial charge is 0.325 e. The molecule has 1 aliphatic rings. The number of carbonyl (C=O) groups is 1. The number of aromatic nitrogens is 1. The van der Waals surface area contributed by atoms with E-state index in [-0.39, 0.29) is 17.7 Å². The van der Waals surface area contributed by atoms with Gasteiger partial charge in [0.1, 0.15) is 0 Å². The second-order valence-corrected chi connectivity index (χ2v) is 6.10. The molecule has 0 spiro atoms. The minimum atomic E-state index is -3.83. The molecule has 2 rings (SSSR count). The van der Waals surface area contributed by atoms with Crippen molar-refractivity contribution >= 4 is 15.8 Å². The van der Waals surface area contributed by atoms with E-state index in [4.69, 9.17) is 5.11 Å². The average molecular weight is 241 g/mol. The normalized spacial score (nSPS) is 18.8. The maximum atomic E-state index is 12.2.